The van der Waals surface area contributed by atoms with Gasteiger partial charge in [0.15, 0.2) is 11.6 Å². The van der Waals surface area contributed by atoms with Crippen LogP contribution >= 0.6 is 11.6 Å². The van der Waals surface area contributed by atoms with E-state index in [-0.39, 0.29) is 5.92 Å². The Bertz CT molecular complexity index is 1010. The summed E-state index contributed by atoms with van der Waals surface area (Å²) in [5, 5.41) is 1.59. The van der Waals surface area contributed by atoms with E-state index < -0.39 is 0 Å². The maximum Gasteiger partial charge on any atom is 0.225 e. The van der Waals surface area contributed by atoms with Crippen molar-refractivity contribution in [2.45, 2.75) is 19.3 Å². The van der Waals surface area contributed by atoms with Crippen molar-refractivity contribution < 1.29 is 9.21 Å². The van der Waals surface area contributed by atoms with Gasteiger partial charge in [-0.25, -0.2) is 9.97 Å². The van der Waals surface area contributed by atoms with E-state index in [1.807, 2.05) is 35.2 Å². The minimum atomic E-state index is 0.249. The van der Waals surface area contributed by atoms with Gasteiger partial charge in [-0.05, 0) is 43.2 Å². The second-order valence-electron chi connectivity index (χ2n) is 7.45. The predicted molar refractivity (Wildman–Crippen MR) is 108 cm³/mol. The van der Waals surface area contributed by atoms with Crippen molar-refractivity contribution in [3.63, 3.8) is 0 Å². The molecule has 1 aliphatic carbocycles. The van der Waals surface area contributed by atoms with Crippen LogP contribution in [0.1, 0.15) is 19.3 Å². The summed E-state index contributed by atoms with van der Waals surface area (Å²) in [6.45, 7) is 2.96. The molecule has 2 aromatic heterocycles. The molecule has 0 unspecified atom stereocenters. The van der Waals surface area contributed by atoms with Crippen molar-refractivity contribution in [3.05, 3.63) is 41.6 Å². The number of halogens is 1. The number of piperazine rings is 1. The van der Waals surface area contributed by atoms with Gasteiger partial charge in [0.25, 0.3) is 0 Å². The minimum Gasteiger partial charge on any atom is -0.461 e. The number of carbonyl (C=O) groups is 1. The molecule has 0 spiro atoms. The van der Waals surface area contributed by atoms with E-state index in [1.54, 1.807) is 6.26 Å². The molecule has 0 atom stereocenters. The Kier molecular flexibility index (Phi) is 4.43. The number of aromatic nitrogens is 2. The number of fused-ring (bicyclic) bond motifs is 1. The van der Waals surface area contributed by atoms with E-state index in [2.05, 4.69) is 9.88 Å². The summed E-state index contributed by atoms with van der Waals surface area (Å²) < 4.78 is 5.51. The van der Waals surface area contributed by atoms with Gasteiger partial charge in [0.1, 0.15) is 5.82 Å². The monoisotopic (exact) mass is 396 g/mol. The SMILES string of the molecule is O=C(C1CCC1)N1CCN(c2nc(-c3ccco3)nc3cc(Cl)ccc23)CC1. The van der Waals surface area contributed by atoms with Crippen LogP contribution in [0.4, 0.5) is 5.82 Å². The lowest BCUT2D eigenvalue weighted by Crippen LogP contribution is -2.51. The molecule has 0 bridgehead atoms. The lowest BCUT2D eigenvalue weighted by atomic mass is 9.84. The van der Waals surface area contributed by atoms with E-state index in [1.165, 1.54) is 6.42 Å². The number of benzene rings is 1. The fourth-order valence-electron chi connectivity index (χ4n) is 3.90. The highest BCUT2D eigenvalue weighted by Crippen LogP contribution is 2.32. The van der Waals surface area contributed by atoms with Crippen LogP contribution in [0.5, 0.6) is 0 Å². The molecule has 7 heteroatoms. The highest BCUT2D eigenvalue weighted by molar-refractivity contribution is 6.31. The first kappa shape index (κ1) is 17.5. The molecule has 5 rings (SSSR count). The number of carbonyl (C=O) groups excluding carboxylic acids is 1. The molecule has 1 amide bonds. The van der Waals surface area contributed by atoms with E-state index in [4.69, 9.17) is 21.0 Å². The number of nitrogens with zero attached hydrogens (tertiary/aromatic N) is 4. The zero-order valence-electron chi connectivity index (χ0n) is 15.5. The van der Waals surface area contributed by atoms with Gasteiger partial charge in [-0.3, -0.25) is 4.79 Å². The van der Waals surface area contributed by atoms with Gasteiger partial charge in [-0.15, -0.1) is 0 Å². The third kappa shape index (κ3) is 3.11. The topological polar surface area (TPSA) is 62.5 Å². The molecule has 1 saturated carbocycles. The molecule has 1 aliphatic heterocycles. The van der Waals surface area contributed by atoms with Crippen molar-refractivity contribution in [3.8, 4) is 11.6 Å². The molecule has 0 N–H and O–H groups in total. The standard InChI is InChI=1S/C21H21ClN4O2/c22-15-6-7-16-17(13-15)23-19(18-5-2-12-28-18)24-20(16)25-8-10-26(11-9-25)21(27)14-3-1-4-14/h2,5-7,12-14H,1,3-4,8-11H2. The summed E-state index contributed by atoms with van der Waals surface area (Å²) in [4.78, 5) is 26.2. The van der Waals surface area contributed by atoms with Crippen LogP contribution in [-0.2, 0) is 4.79 Å². The Morgan fingerprint density at radius 3 is 2.61 bits per heavy atom. The molecule has 3 heterocycles. The normalized spacial score (nSPS) is 17.8. The van der Waals surface area contributed by atoms with Crippen molar-refractivity contribution in [1.82, 2.24) is 14.9 Å². The van der Waals surface area contributed by atoms with Gasteiger partial charge in [-0.1, -0.05) is 18.0 Å². The lowest BCUT2D eigenvalue weighted by Gasteiger charge is -2.39. The molecule has 28 heavy (non-hydrogen) atoms. The second kappa shape index (κ2) is 7.09. The third-order valence-corrected chi connectivity index (χ3v) is 5.96. The maximum atomic E-state index is 12.5. The minimum absolute atomic E-state index is 0.249. The predicted octanol–water partition coefficient (Wildman–Crippen LogP) is 3.99. The van der Waals surface area contributed by atoms with Crippen molar-refractivity contribution in [1.29, 1.82) is 0 Å². The van der Waals surface area contributed by atoms with E-state index >= 15 is 0 Å². The highest BCUT2D eigenvalue weighted by Gasteiger charge is 2.31. The summed E-state index contributed by atoms with van der Waals surface area (Å²) in [6.07, 6.45) is 4.89. The highest BCUT2D eigenvalue weighted by atomic mass is 35.5. The first-order valence-electron chi connectivity index (χ1n) is 9.74. The summed E-state index contributed by atoms with van der Waals surface area (Å²) in [7, 11) is 0. The maximum absolute atomic E-state index is 12.5. The van der Waals surface area contributed by atoms with Gasteiger partial charge in [0.2, 0.25) is 5.91 Å². The van der Waals surface area contributed by atoms with Crippen LogP contribution in [-0.4, -0.2) is 47.0 Å². The summed E-state index contributed by atoms with van der Waals surface area (Å²) in [5.74, 6) is 2.61. The molecule has 2 fully saturated rings. The zero-order chi connectivity index (χ0) is 19.1. The fourth-order valence-corrected chi connectivity index (χ4v) is 4.06. The molecular formula is C21H21ClN4O2. The molecule has 0 radical (unpaired) electrons. The Morgan fingerprint density at radius 1 is 1.11 bits per heavy atom. The average Bonchev–Trinajstić information content (AvgIpc) is 3.20. The lowest BCUT2D eigenvalue weighted by molar-refractivity contribution is -0.138. The van der Waals surface area contributed by atoms with Crippen LogP contribution in [0.3, 0.4) is 0 Å². The number of furan rings is 1. The van der Waals surface area contributed by atoms with Crippen molar-refractivity contribution in [2.75, 3.05) is 31.1 Å². The largest absolute Gasteiger partial charge is 0.461 e. The molecule has 6 nitrogen and oxygen atoms in total. The smallest absolute Gasteiger partial charge is 0.225 e. The van der Waals surface area contributed by atoms with Crippen LogP contribution in [0.2, 0.25) is 5.02 Å². The van der Waals surface area contributed by atoms with E-state index in [0.717, 1.165) is 55.7 Å². The van der Waals surface area contributed by atoms with Crippen LogP contribution in [0.15, 0.2) is 41.0 Å². The first-order chi connectivity index (χ1) is 13.7. The Hall–Kier alpha value is -2.60. The van der Waals surface area contributed by atoms with Gasteiger partial charge >= 0.3 is 0 Å². The number of hydrogen-bond donors (Lipinski definition) is 0. The van der Waals surface area contributed by atoms with Gasteiger partial charge in [0.05, 0.1) is 11.8 Å². The van der Waals surface area contributed by atoms with Crippen LogP contribution in [0, 0.1) is 5.92 Å². The third-order valence-electron chi connectivity index (χ3n) is 5.73. The van der Waals surface area contributed by atoms with Crippen LogP contribution < -0.4 is 4.90 Å². The van der Waals surface area contributed by atoms with Gasteiger partial charge < -0.3 is 14.2 Å². The Labute approximate surface area is 168 Å². The second-order valence-corrected chi connectivity index (χ2v) is 7.89. The Morgan fingerprint density at radius 2 is 1.93 bits per heavy atom. The summed E-state index contributed by atoms with van der Waals surface area (Å²) in [5.41, 5.74) is 0.789. The Balaban J connectivity index is 1.45. The van der Waals surface area contributed by atoms with Crippen LogP contribution in [0.25, 0.3) is 22.5 Å². The average molecular weight is 397 g/mol. The summed E-state index contributed by atoms with van der Waals surface area (Å²) >= 11 is 6.20. The van der Waals surface area contributed by atoms with E-state index in [9.17, 15) is 4.79 Å². The molecule has 3 aromatic rings. The van der Waals surface area contributed by atoms with Gasteiger partial charge in [0, 0.05) is 42.5 Å². The molecular weight excluding hydrogens is 376 g/mol. The number of amides is 1. The quantitative estimate of drug-likeness (QED) is 0.669. The number of rotatable bonds is 3. The van der Waals surface area contributed by atoms with Gasteiger partial charge in [-0.2, -0.15) is 0 Å². The molecule has 144 valence electrons. The zero-order valence-corrected chi connectivity index (χ0v) is 16.2. The molecule has 1 saturated heterocycles. The number of hydrogen-bond acceptors (Lipinski definition) is 5. The van der Waals surface area contributed by atoms with Crippen molar-refractivity contribution in [2.24, 2.45) is 5.92 Å². The summed E-state index contributed by atoms with van der Waals surface area (Å²) in [6, 6.07) is 9.35. The fraction of sp³-hybridized carbons (Fsp3) is 0.381. The molecule has 1 aromatic carbocycles. The van der Waals surface area contributed by atoms with E-state index in [0.29, 0.717) is 22.5 Å². The number of anilines is 1. The molecule has 2 aliphatic rings. The van der Waals surface area contributed by atoms with Crippen molar-refractivity contribution >= 4 is 34.2 Å². The first-order valence-corrected chi connectivity index (χ1v) is 10.1.